The normalized spacial score (nSPS) is 16.5. The maximum atomic E-state index is 12.6. The molecule has 2 rings (SSSR count). The number of ether oxygens (including phenoxy) is 1. The Labute approximate surface area is 134 Å². The molecule has 6 nitrogen and oxygen atoms in total. The van der Waals surface area contributed by atoms with E-state index in [2.05, 4.69) is 10.6 Å². The van der Waals surface area contributed by atoms with Crippen LogP contribution in [0.15, 0.2) is 23.1 Å². The standard InChI is InChI=1S/C12H16ClN3O3S2/c1-14-12(20)15-9-2-3-10(13)11(8-9)21(17,18)16-4-6-19-7-5-16/h2-3,8H,4-7H2,1H3,(H2,14,15,20). The molecule has 0 unspecified atom stereocenters. The van der Waals surface area contributed by atoms with Gasteiger partial charge in [-0.1, -0.05) is 11.6 Å². The van der Waals surface area contributed by atoms with Gasteiger partial charge < -0.3 is 15.4 Å². The van der Waals surface area contributed by atoms with Crippen LogP contribution < -0.4 is 10.6 Å². The van der Waals surface area contributed by atoms with E-state index in [-0.39, 0.29) is 9.92 Å². The van der Waals surface area contributed by atoms with Gasteiger partial charge in [0.15, 0.2) is 5.11 Å². The summed E-state index contributed by atoms with van der Waals surface area (Å²) < 4.78 is 31.8. The van der Waals surface area contributed by atoms with Gasteiger partial charge in [-0.15, -0.1) is 0 Å². The van der Waals surface area contributed by atoms with Crippen molar-refractivity contribution >= 4 is 44.6 Å². The van der Waals surface area contributed by atoms with Crippen LogP contribution in [-0.4, -0.2) is 51.2 Å². The molecule has 1 aliphatic rings. The fraction of sp³-hybridized carbons (Fsp3) is 0.417. The number of benzene rings is 1. The molecule has 1 heterocycles. The number of nitrogens with zero attached hydrogens (tertiary/aromatic N) is 1. The van der Waals surface area contributed by atoms with E-state index >= 15 is 0 Å². The summed E-state index contributed by atoms with van der Waals surface area (Å²) in [6.45, 7) is 1.42. The van der Waals surface area contributed by atoms with Crippen molar-refractivity contribution in [2.24, 2.45) is 0 Å². The van der Waals surface area contributed by atoms with E-state index in [4.69, 9.17) is 28.6 Å². The average molecular weight is 350 g/mol. The number of anilines is 1. The molecule has 9 heteroatoms. The van der Waals surface area contributed by atoms with Gasteiger partial charge in [0.05, 0.1) is 18.2 Å². The number of hydrogen-bond donors (Lipinski definition) is 2. The fourth-order valence-electron chi connectivity index (χ4n) is 1.90. The van der Waals surface area contributed by atoms with Crippen molar-refractivity contribution in [1.29, 1.82) is 0 Å². The second-order valence-electron chi connectivity index (χ2n) is 4.37. The summed E-state index contributed by atoms with van der Waals surface area (Å²) in [7, 11) is -1.96. The topological polar surface area (TPSA) is 70.7 Å². The number of rotatable bonds is 3. The molecule has 1 saturated heterocycles. The van der Waals surface area contributed by atoms with Crippen LogP contribution in [0.4, 0.5) is 5.69 Å². The van der Waals surface area contributed by atoms with E-state index < -0.39 is 10.0 Å². The van der Waals surface area contributed by atoms with Crippen LogP contribution in [-0.2, 0) is 14.8 Å². The summed E-state index contributed by atoms with van der Waals surface area (Å²) >= 11 is 11.1. The minimum absolute atomic E-state index is 0.0648. The first-order chi connectivity index (χ1) is 9.95. The predicted molar refractivity (Wildman–Crippen MR) is 86.3 cm³/mol. The average Bonchev–Trinajstić information content (AvgIpc) is 2.49. The number of morpholine rings is 1. The molecule has 116 valence electrons. The monoisotopic (exact) mass is 349 g/mol. The van der Waals surface area contributed by atoms with Crippen LogP contribution in [0.2, 0.25) is 5.02 Å². The number of halogens is 1. The highest BCUT2D eigenvalue weighted by Gasteiger charge is 2.28. The molecule has 0 aliphatic carbocycles. The van der Waals surface area contributed by atoms with Gasteiger partial charge in [-0.25, -0.2) is 8.42 Å². The molecule has 0 atom stereocenters. The third-order valence-corrected chi connectivity index (χ3v) is 5.69. The van der Waals surface area contributed by atoms with Crippen molar-refractivity contribution in [2.75, 3.05) is 38.7 Å². The maximum Gasteiger partial charge on any atom is 0.244 e. The molecule has 21 heavy (non-hydrogen) atoms. The maximum absolute atomic E-state index is 12.6. The SMILES string of the molecule is CNC(=S)Nc1ccc(Cl)c(S(=O)(=O)N2CCOCC2)c1. The number of sulfonamides is 1. The van der Waals surface area contributed by atoms with E-state index in [0.29, 0.717) is 37.1 Å². The number of thiocarbonyl (C=S) groups is 1. The van der Waals surface area contributed by atoms with E-state index in [1.54, 1.807) is 13.1 Å². The summed E-state index contributed by atoms with van der Waals surface area (Å²) in [6, 6.07) is 4.69. The molecule has 1 aromatic carbocycles. The minimum Gasteiger partial charge on any atom is -0.379 e. The Kier molecular flexibility index (Phi) is 5.39. The fourth-order valence-corrected chi connectivity index (χ4v) is 3.92. The Morgan fingerprint density at radius 1 is 1.38 bits per heavy atom. The summed E-state index contributed by atoms with van der Waals surface area (Å²) in [5.41, 5.74) is 0.561. The second kappa shape index (κ2) is 6.89. The molecule has 0 amide bonds. The van der Waals surface area contributed by atoms with Gasteiger partial charge in [0.2, 0.25) is 10.0 Å². The molecular weight excluding hydrogens is 334 g/mol. The van der Waals surface area contributed by atoms with E-state index in [1.165, 1.54) is 16.4 Å². The Balaban J connectivity index is 2.33. The first-order valence-electron chi connectivity index (χ1n) is 6.31. The van der Waals surface area contributed by atoms with E-state index in [1.807, 2.05) is 0 Å². The van der Waals surface area contributed by atoms with Crippen molar-refractivity contribution in [2.45, 2.75) is 4.90 Å². The van der Waals surface area contributed by atoms with Crippen molar-refractivity contribution < 1.29 is 13.2 Å². The highest BCUT2D eigenvalue weighted by molar-refractivity contribution is 7.89. The van der Waals surface area contributed by atoms with Crippen LogP contribution >= 0.6 is 23.8 Å². The summed E-state index contributed by atoms with van der Waals surface area (Å²) in [6.07, 6.45) is 0. The number of hydrogen-bond acceptors (Lipinski definition) is 4. The first kappa shape index (κ1) is 16.4. The Bertz CT molecular complexity index is 631. The van der Waals surface area contributed by atoms with Crippen molar-refractivity contribution in [3.05, 3.63) is 23.2 Å². The van der Waals surface area contributed by atoms with Crippen molar-refractivity contribution in [3.8, 4) is 0 Å². The van der Waals surface area contributed by atoms with Crippen molar-refractivity contribution in [3.63, 3.8) is 0 Å². The molecular formula is C12H16ClN3O3S2. The van der Waals surface area contributed by atoms with Crippen LogP contribution in [0.5, 0.6) is 0 Å². The van der Waals surface area contributed by atoms with Gasteiger partial charge in [-0.05, 0) is 30.4 Å². The van der Waals surface area contributed by atoms with Gasteiger partial charge in [0.1, 0.15) is 4.90 Å². The zero-order valence-corrected chi connectivity index (χ0v) is 13.8. The van der Waals surface area contributed by atoms with Gasteiger partial charge in [-0.3, -0.25) is 0 Å². The van der Waals surface area contributed by atoms with Crippen molar-refractivity contribution in [1.82, 2.24) is 9.62 Å². The molecule has 0 aromatic heterocycles. The third-order valence-electron chi connectivity index (χ3n) is 3.00. The summed E-state index contributed by atoms with van der Waals surface area (Å²) in [5.74, 6) is 0. The zero-order chi connectivity index (χ0) is 15.5. The molecule has 0 bridgehead atoms. The molecule has 0 saturated carbocycles. The molecule has 1 aromatic rings. The van der Waals surface area contributed by atoms with Gasteiger partial charge in [0, 0.05) is 25.8 Å². The smallest absolute Gasteiger partial charge is 0.244 e. The Morgan fingerprint density at radius 3 is 2.67 bits per heavy atom. The predicted octanol–water partition coefficient (Wildman–Crippen LogP) is 1.28. The molecule has 0 spiro atoms. The lowest BCUT2D eigenvalue weighted by molar-refractivity contribution is 0.0730. The molecule has 0 radical (unpaired) electrons. The highest BCUT2D eigenvalue weighted by atomic mass is 35.5. The van der Waals surface area contributed by atoms with Crippen LogP contribution in [0, 0.1) is 0 Å². The zero-order valence-electron chi connectivity index (χ0n) is 11.4. The molecule has 1 aliphatic heterocycles. The molecule has 2 N–H and O–H groups in total. The molecule has 1 fully saturated rings. The third kappa shape index (κ3) is 3.83. The summed E-state index contributed by atoms with van der Waals surface area (Å²) in [4.78, 5) is 0.0648. The lowest BCUT2D eigenvalue weighted by Gasteiger charge is -2.26. The Morgan fingerprint density at radius 2 is 2.05 bits per heavy atom. The highest BCUT2D eigenvalue weighted by Crippen LogP contribution is 2.28. The Hall–Kier alpha value is -0.930. The first-order valence-corrected chi connectivity index (χ1v) is 8.54. The van der Waals surface area contributed by atoms with Gasteiger partial charge >= 0.3 is 0 Å². The van der Waals surface area contributed by atoms with Gasteiger partial charge in [-0.2, -0.15) is 4.31 Å². The van der Waals surface area contributed by atoms with Crippen LogP contribution in [0.25, 0.3) is 0 Å². The van der Waals surface area contributed by atoms with E-state index in [0.717, 1.165) is 0 Å². The summed E-state index contributed by atoms with van der Waals surface area (Å²) in [5, 5.41) is 6.23. The second-order valence-corrected chi connectivity index (χ2v) is 7.09. The quantitative estimate of drug-likeness (QED) is 0.801. The van der Waals surface area contributed by atoms with Crippen LogP contribution in [0.3, 0.4) is 0 Å². The largest absolute Gasteiger partial charge is 0.379 e. The van der Waals surface area contributed by atoms with E-state index in [9.17, 15) is 8.42 Å². The van der Waals surface area contributed by atoms with Gasteiger partial charge in [0.25, 0.3) is 0 Å². The lowest BCUT2D eigenvalue weighted by atomic mass is 10.3. The van der Waals surface area contributed by atoms with Crippen LogP contribution in [0.1, 0.15) is 0 Å². The minimum atomic E-state index is -3.64. The number of nitrogens with one attached hydrogen (secondary N) is 2. The lowest BCUT2D eigenvalue weighted by Crippen LogP contribution is -2.40.